The van der Waals surface area contributed by atoms with Crippen molar-refractivity contribution in [1.29, 1.82) is 0 Å². The number of Topliss-reactive ketones (excluding diaryl/α,β-unsaturated/α-hetero) is 1. The lowest BCUT2D eigenvalue weighted by Gasteiger charge is -2.13. The van der Waals surface area contributed by atoms with Crippen LogP contribution in [0.15, 0.2) is 24.3 Å². The highest BCUT2D eigenvalue weighted by Gasteiger charge is 2.35. The zero-order valence-electron chi connectivity index (χ0n) is 11.2. The molecule has 1 unspecified atom stereocenters. The van der Waals surface area contributed by atoms with Crippen LogP contribution in [0.4, 0.5) is 13.2 Å². The molecule has 0 heterocycles. The fourth-order valence-corrected chi connectivity index (χ4v) is 1.56. The number of carbonyl (C=O) groups is 2. The lowest BCUT2D eigenvalue weighted by molar-refractivity contribution is -0.150. The summed E-state index contributed by atoms with van der Waals surface area (Å²) in [6.45, 7) is -0.0134. The molecule has 0 fully saturated rings. The minimum atomic E-state index is -4.60. The van der Waals surface area contributed by atoms with E-state index in [0.717, 1.165) is 0 Å². The van der Waals surface area contributed by atoms with Crippen molar-refractivity contribution >= 4 is 11.7 Å². The summed E-state index contributed by atoms with van der Waals surface area (Å²) < 4.78 is 41.2. The maximum atomic E-state index is 12.1. The SMILES string of the molecule is COc1cccc(CNC(=O)C(=O)C(N)CC(F)(F)F)c1. The summed E-state index contributed by atoms with van der Waals surface area (Å²) in [6.07, 6.45) is -6.12. The van der Waals surface area contributed by atoms with E-state index in [1.54, 1.807) is 24.3 Å². The second kappa shape index (κ2) is 7.07. The van der Waals surface area contributed by atoms with Gasteiger partial charge in [-0.3, -0.25) is 9.59 Å². The second-order valence-electron chi connectivity index (χ2n) is 4.32. The van der Waals surface area contributed by atoms with E-state index >= 15 is 0 Å². The van der Waals surface area contributed by atoms with Gasteiger partial charge in [0.05, 0.1) is 19.6 Å². The largest absolute Gasteiger partial charge is 0.497 e. The van der Waals surface area contributed by atoms with Crippen LogP contribution in [0.1, 0.15) is 12.0 Å². The van der Waals surface area contributed by atoms with Crippen molar-refractivity contribution in [2.75, 3.05) is 7.11 Å². The molecule has 0 aromatic heterocycles. The number of nitrogens with two attached hydrogens (primary N) is 1. The first kappa shape index (κ1) is 17.0. The molecule has 0 radical (unpaired) electrons. The molecule has 0 aliphatic rings. The summed E-state index contributed by atoms with van der Waals surface area (Å²) in [5, 5.41) is 2.23. The Morgan fingerprint density at radius 1 is 1.38 bits per heavy atom. The standard InChI is InChI=1S/C13H15F3N2O3/c1-21-9-4-2-3-8(5-9)7-18-12(20)11(19)10(17)6-13(14,15)16/h2-5,10H,6-7,17H2,1H3,(H,18,20). The van der Waals surface area contributed by atoms with Crippen molar-refractivity contribution in [3.63, 3.8) is 0 Å². The molecule has 1 aromatic carbocycles. The van der Waals surface area contributed by atoms with Crippen molar-refractivity contribution in [1.82, 2.24) is 5.32 Å². The number of methoxy groups -OCH3 is 1. The van der Waals surface area contributed by atoms with Crippen LogP contribution in [0.2, 0.25) is 0 Å². The molecule has 5 nitrogen and oxygen atoms in total. The second-order valence-corrected chi connectivity index (χ2v) is 4.32. The monoisotopic (exact) mass is 304 g/mol. The fourth-order valence-electron chi connectivity index (χ4n) is 1.56. The van der Waals surface area contributed by atoms with E-state index < -0.39 is 30.3 Å². The van der Waals surface area contributed by atoms with E-state index in [-0.39, 0.29) is 6.54 Å². The molecular weight excluding hydrogens is 289 g/mol. The number of ether oxygens (including phenoxy) is 1. The molecular formula is C13H15F3N2O3. The molecule has 0 spiro atoms. The molecule has 1 atom stereocenters. The van der Waals surface area contributed by atoms with Gasteiger partial charge in [0.25, 0.3) is 5.91 Å². The Kier molecular flexibility index (Phi) is 5.71. The number of benzene rings is 1. The number of rotatable bonds is 6. The average Bonchev–Trinajstić information content (AvgIpc) is 2.42. The number of hydrogen-bond acceptors (Lipinski definition) is 4. The zero-order chi connectivity index (χ0) is 16.0. The highest BCUT2D eigenvalue weighted by atomic mass is 19.4. The van der Waals surface area contributed by atoms with Gasteiger partial charge in [0.2, 0.25) is 5.78 Å². The predicted octanol–water partition coefficient (Wildman–Crippen LogP) is 1.16. The first-order valence-electron chi connectivity index (χ1n) is 6.00. The van der Waals surface area contributed by atoms with E-state index in [1.807, 2.05) is 0 Å². The molecule has 1 amide bonds. The zero-order valence-corrected chi connectivity index (χ0v) is 11.2. The van der Waals surface area contributed by atoms with Crippen molar-refractivity contribution < 1.29 is 27.5 Å². The summed E-state index contributed by atoms with van der Waals surface area (Å²) in [5.41, 5.74) is 5.71. The van der Waals surface area contributed by atoms with E-state index in [2.05, 4.69) is 5.32 Å². The van der Waals surface area contributed by atoms with Crippen molar-refractivity contribution in [3.8, 4) is 5.75 Å². The Hall–Kier alpha value is -2.09. The van der Waals surface area contributed by atoms with Gasteiger partial charge in [0.1, 0.15) is 5.75 Å². The van der Waals surface area contributed by atoms with Gasteiger partial charge < -0.3 is 15.8 Å². The fraction of sp³-hybridized carbons (Fsp3) is 0.385. The molecule has 1 rings (SSSR count). The van der Waals surface area contributed by atoms with E-state index in [0.29, 0.717) is 11.3 Å². The first-order valence-corrected chi connectivity index (χ1v) is 6.00. The number of amides is 1. The Labute approximate surface area is 119 Å². The van der Waals surface area contributed by atoms with Gasteiger partial charge in [-0.2, -0.15) is 13.2 Å². The summed E-state index contributed by atoms with van der Waals surface area (Å²) in [4.78, 5) is 22.9. The van der Waals surface area contributed by atoms with Crippen LogP contribution in [-0.4, -0.2) is 31.0 Å². The maximum Gasteiger partial charge on any atom is 0.391 e. The Morgan fingerprint density at radius 3 is 2.62 bits per heavy atom. The maximum absolute atomic E-state index is 12.1. The molecule has 0 aliphatic carbocycles. The number of ketones is 1. The first-order chi connectivity index (χ1) is 9.73. The Bertz CT molecular complexity index is 518. The topological polar surface area (TPSA) is 81.4 Å². The lowest BCUT2D eigenvalue weighted by atomic mass is 10.1. The van der Waals surface area contributed by atoms with Crippen LogP contribution in [0.5, 0.6) is 5.75 Å². The molecule has 8 heteroatoms. The number of alkyl halides is 3. The molecule has 1 aromatic rings. The van der Waals surface area contributed by atoms with Crippen molar-refractivity contribution in [2.24, 2.45) is 5.73 Å². The summed E-state index contributed by atoms with van der Waals surface area (Å²) in [6, 6.07) is 4.77. The molecule has 0 aliphatic heterocycles. The third-order valence-corrected chi connectivity index (χ3v) is 2.60. The average molecular weight is 304 g/mol. The summed E-state index contributed by atoms with van der Waals surface area (Å²) in [5.74, 6) is -1.88. The van der Waals surface area contributed by atoms with Gasteiger partial charge in [-0.1, -0.05) is 12.1 Å². The Morgan fingerprint density at radius 2 is 2.05 bits per heavy atom. The summed E-state index contributed by atoms with van der Waals surface area (Å²) >= 11 is 0. The molecule has 0 saturated heterocycles. The lowest BCUT2D eigenvalue weighted by Crippen LogP contribution is -2.44. The molecule has 0 saturated carbocycles. The van der Waals surface area contributed by atoms with Crippen LogP contribution in [0.25, 0.3) is 0 Å². The van der Waals surface area contributed by atoms with Crippen LogP contribution >= 0.6 is 0 Å². The minimum absolute atomic E-state index is 0.0134. The quantitative estimate of drug-likeness (QED) is 0.773. The van der Waals surface area contributed by atoms with Crippen LogP contribution < -0.4 is 15.8 Å². The van der Waals surface area contributed by atoms with Gasteiger partial charge in [0, 0.05) is 6.54 Å². The predicted molar refractivity (Wildman–Crippen MR) is 68.5 cm³/mol. The number of hydrogen-bond donors (Lipinski definition) is 2. The van der Waals surface area contributed by atoms with Gasteiger partial charge in [0.15, 0.2) is 0 Å². The van der Waals surface area contributed by atoms with Gasteiger partial charge in [-0.15, -0.1) is 0 Å². The molecule has 21 heavy (non-hydrogen) atoms. The smallest absolute Gasteiger partial charge is 0.391 e. The highest BCUT2D eigenvalue weighted by molar-refractivity contribution is 6.38. The van der Waals surface area contributed by atoms with E-state index in [9.17, 15) is 22.8 Å². The number of halogens is 3. The van der Waals surface area contributed by atoms with Crippen LogP contribution in [0, 0.1) is 0 Å². The van der Waals surface area contributed by atoms with Gasteiger partial charge >= 0.3 is 6.18 Å². The molecule has 116 valence electrons. The molecule has 0 bridgehead atoms. The van der Waals surface area contributed by atoms with Crippen LogP contribution in [0.3, 0.4) is 0 Å². The number of carbonyl (C=O) groups excluding carboxylic acids is 2. The molecule has 3 N–H and O–H groups in total. The number of nitrogens with one attached hydrogen (secondary N) is 1. The van der Waals surface area contributed by atoms with Gasteiger partial charge in [-0.05, 0) is 17.7 Å². The normalized spacial score (nSPS) is 12.6. The Balaban J connectivity index is 2.54. The third kappa shape index (κ3) is 5.82. The van der Waals surface area contributed by atoms with E-state index in [1.165, 1.54) is 7.11 Å². The van der Waals surface area contributed by atoms with E-state index in [4.69, 9.17) is 10.5 Å². The summed E-state index contributed by atoms with van der Waals surface area (Å²) in [7, 11) is 1.47. The third-order valence-electron chi connectivity index (χ3n) is 2.60. The minimum Gasteiger partial charge on any atom is -0.497 e. The van der Waals surface area contributed by atoms with Crippen LogP contribution in [-0.2, 0) is 16.1 Å². The van der Waals surface area contributed by atoms with Crippen molar-refractivity contribution in [3.05, 3.63) is 29.8 Å². The highest BCUT2D eigenvalue weighted by Crippen LogP contribution is 2.21. The van der Waals surface area contributed by atoms with Gasteiger partial charge in [-0.25, -0.2) is 0 Å². The van der Waals surface area contributed by atoms with Crippen molar-refractivity contribution in [2.45, 2.75) is 25.2 Å².